The normalized spacial score (nSPS) is 15.6. The van der Waals surface area contributed by atoms with Crippen LogP contribution >= 0.6 is 0 Å². The van der Waals surface area contributed by atoms with Gasteiger partial charge in [-0.15, -0.1) is 0 Å². The highest BCUT2D eigenvalue weighted by Gasteiger charge is 2.26. The molecule has 2 aromatic carbocycles. The van der Waals surface area contributed by atoms with Crippen molar-refractivity contribution in [2.24, 2.45) is 0 Å². The van der Waals surface area contributed by atoms with E-state index in [1.54, 1.807) is 13.2 Å². The van der Waals surface area contributed by atoms with Gasteiger partial charge >= 0.3 is 11.8 Å². The summed E-state index contributed by atoms with van der Waals surface area (Å²) < 4.78 is 5.23. The number of nitro groups is 1. The minimum Gasteiger partial charge on any atom is -0.497 e. The summed E-state index contributed by atoms with van der Waals surface area (Å²) >= 11 is 0. The number of ether oxygens (including phenoxy) is 1. The number of hydrogen-bond acceptors (Lipinski definition) is 7. The Morgan fingerprint density at radius 3 is 2.34 bits per heavy atom. The van der Waals surface area contributed by atoms with Gasteiger partial charge in [-0.1, -0.05) is 24.3 Å². The van der Waals surface area contributed by atoms with Crippen molar-refractivity contribution < 1.29 is 19.2 Å². The molecule has 0 spiro atoms. The van der Waals surface area contributed by atoms with Crippen LogP contribution in [-0.2, 0) is 9.59 Å². The molecule has 0 bridgehead atoms. The van der Waals surface area contributed by atoms with Crippen molar-refractivity contribution in [2.75, 3.05) is 52.2 Å². The molecule has 1 heterocycles. The maximum atomic E-state index is 12.5. The first-order valence-corrected chi connectivity index (χ1v) is 10.3. The molecule has 1 aliphatic heterocycles. The summed E-state index contributed by atoms with van der Waals surface area (Å²) in [6, 6.07) is 13.2. The smallest absolute Gasteiger partial charge is 0.313 e. The van der Waals surface area contributed by atoms with Gasteiger partial charge in [-0.25, -0.2) is 0 Å². The van der Waals surface area contributed by atoms with Crippen LogP contribution < -0.4 is 15.4 Å². The minimum atomic E-state index is -0.953. The van der Waals surface area contributed by atoms with E-state index in [-0.39, 0.29) is 24.0 Å². The molecule has 2 N–H and O–H groups in total. The van der Waals surface area contributed by atoms with Crippen LogP contribution in [0.3, 0.4) is 0 Å². The van der Waals surface area contributed by atoms with E-state index in [1.165, 1.54) is 18.2 Å². The Morgan fingerprint density at radius 2 is 1.72 bits per heavy atom. The summed E-state index contributed by atoms with van der Waals surface area (Å²) in [7, 11) is 3.66. The molecule has 2 aromatic rings. The number of carbonyl (C=O) groups is 2. The van der Waals surface area contributed by atoms with E-state index < -0.39 is 16.7 Å². The topological polar surface area (TPSA) is 117 Å². The summed E-state index contributed by atoms with van der Waals surface area (Å²) in [5.74, 6) is -1.07. The van der Waals surface area contributed by atoms with Crippen LogP contribution in [0.1, 0.15) is 11.6 Å². The van der Waals surface area contributed by atoms with Crippen LogP contribution in [0, 0.1) is 10.1 Å². The summed E-state index contributed by atoms with van der Waals surface area (Å²) in [5, 5.41) is 16.1. The van der Waals surface area contributed by atoms with Crippen LogP contribution in [0.4, 0.5) is 11.4 Å². The second-order valence-electron chi connectivity index (χ2n) is 7.57. The first-order chi connectivity index (χ1) is 15.4. The average molecular weight is 441 g/mol. The van der Waals surface area contributed by atoms with Crippen LogP contribution in [0.2, 0.25) is 0 Å². The number of rotatable bonds is 7. The zero-order chi connectivity index (χ0) is 23.1. The molecule has 1 saturated heterocycles. The fourth-order valence-corrected chi connectivity index (χ4v) is 3.60. The molecule has 0 radical (unpaired) electrons. The van der Waals surface area contributed by atoms with Gasteiger partial charge in [0.15, 0.2) is 0 Å². The van der Waals surface area contributed by atoms with Crippen LogP contribution in [0.5, 0.6) is 5.75 Å². The standard InChI is InChI=1S/C22H27N5O5/c1-25-11-13-26(14-12-25)20(16-7-9-17(32-2)10-8-16)15-23-21(28)22(29)24-18-5-3-4-6-19(18)27(30)31/h3-10,20H,11-15H2,1-2H3,(H,23,28)(H,24,29)/t20-/m0/s1. The molecule has 0 aromatic heterocycles. The van der Waals surface area contributed by atoms with Crippen LogP contribution in [-0.4, -0.2) is 73.4 Å². The zero-order valence-corrected chi connectivity index (χ0v) is 18.1. The van der Waals surface area contributed by atoms with Crippen molar-refractivity contribution in [1.29, 1.82) is 0 Å². The monoisotopic (exact) mass is 441 g/mol. The van der Waals surface area contributed by atoms with E-state index >= 15 is 0 Å². The average Bonchev–Trinajstić information content (AvgIpc) is 2.80. The summed E-state index contributed by atoms with van der Waals surface area (Å²) in [4.78, 5) is 39.8. The largest absolute Gasteiger partial charge is 0.497 e. The second kappa shape index (κ2) is 10.7. The molecule has 32 heavy (non-hydrogen) atoms. The molecule has 1 atom stereocenters. The van der Waals surface area contributed by atoms with Gasteiger partial charge in [0.25, 0.3) is 5.69 Å². The van der Waals surface area contributed by atoms with Gasteiger partial charge in [0.05, 0.1) is 18.1 Å². The number of nitrogens with zero attached hydrogens (tertiary/aromatic N) is 3. The van der Waals surface area contributed by atoms with Crippen molar-refractivity contribution >= 4 is 23.2 Å². The third kappa shape index (κ3) is 5.80. The molecule has 0 aliphatic carbocycles. The van der Waals surface area contributed by atoms with E-state index in [0.29, 0.717) is 0 Å². The fraction of sp³-hybridized carbons (Fsp3) is 0.364. The Morgan fingerprint density at radius 1 is 1.06 bits per heavy atom. The summed E-state index contributed by atoms with van der Waals surface area (Å²) in [6.45, 7) is 3.67. The second-order valence-corrected chi connectivity index (χ2v) is 7.57. The predicted molar refractivity (Wildman–Crippen MR) is 120 cm³/mol. The van der Waals surface area contributed by atoms with E-state index in [2.05, 4.69) is 27.5 Å². The molecule has 1 fully saturated rings. The number of nitrogens with one attached hydrogen (secondary N) is 2. The van der Waals surface area contributed by atoms with Gasteiger partial charge < -0.3 is 20.3 Å². The summed E-state index contributed by atoms with van der Waals surface area (Å²) in [5.41, 5.74) is 0.695. The maximum absolute atomic E-state index is 12.5. The van der Waals surface area contributed by atoms with Gasteiger partial charge in [-0.3, -0.25) is 24.6 Å². The van der Waals surface area contributed by atoms with E-state index in [9.17, 15) is 19.7 Å². The number of anilines is 1. The SMILES string of the molecule is COc1ccc([C@H](CNC(=O)C(=O)Nc2ccccc2[N+](=O)[O-])N2CCN(C)CC2)cc1. The first kappa shape index (κ1) is 23.2. The van der Waals surface area contributed by atoms with Gasteiger partial charge in [0, 0.05) is 38.8 Å². The van der Waals surface area contributed by atoms with Crippen molar-refractivity contribution in [3.8, 4) is 5.75 Å². The molecule has 3 rings (SSSR count). The van der Waals surface area contributed by atoms with Crippen LogP contribution in [0.25, 0.3) is 0 Å². The number of nitro benzene ring substituents is 1. The number of methoxy groups -OCH3 is 1. The predicted octanol–water partition coefficient (Wildman–Crippen LogP) is 1.65. The van der Waals surface area contributed by atoms with Crippen LogP contribution in [0.15, 0.2) is 48.5 Å². The molecule has 0 saturated carbocycles. The molecule has 0 unspecified atom stereocenters. The molecule has 170 valence electrons. The van der Waals surface area contributed by atoms with Crippen molar-refractivity contribution in [1.82, 2.24) is 15.1 Å². The number of hydrogen-bond donors (Lipinski definition) is 2. The number of piperazine rings is 1. The number of carbonyl (C=O) groups excluding carboxylic acids is 2. The third-order valence-electron chi connectivity index (χ3n) is 5.49. The number of benzene rings is 2. The van der Waals surface area contributed by atoms with E-state index in [0.717, 1.165) is 37.5 Å². The number of likely N-dealkylation sites (N-methyl/N-ethyl adjacent to an activating group) is 1. The molecule has 10 nitrogen and oxygen atoms in total. The van der Waals surface area contributed by atoms with Gasteiger partial charge in [-0.05, 0) is 30.8 Å². The Kier molecular flexibility index (Phi) is 7.74. The van der Waals surface area contributed by atoms with Crippen molar-refractivity contribution in [3.63, 3.8) is 0 Å². The Bertz CT molecular complexity index is 957. The third-order valence-corrected chi connectivity index (χ3v) is 5.49. The van der Waals surface area contributed by atoms with E-state index in [4.69, 9.17) is 4.74 Å². The Balaban J connectivity index is 1.68. The lowest BCUT2D eigenvalue weighted by Crippen LogP contribution is -2.49. The van der Waals surface area contributed by atoms with Crippen molar-refractivity contribution in [3.05, 3.63) is 64.2 Å². The molecule has 1 aliphatic rings. The number of amides is 2. The highest BCUT2D eigenvalue weighted by molar-refractivity contribution is 6.39. The highest BCUT2D eigenvalue weighted by Crippen LogP contribution is 2.25. The fourth-order valence-electron chi connectivity index (χ4n) is 3.60. The van der Waals surface area contributed by atoms with Gasteiger partial charge in [0.1, 0.15) is 11.4 Å². The van der Waals surface area contributed by atoms with Crippen molar-refractivity contribution in [2.45, 2.75) is 6.04 Å². The highest BCUT2D eigenvalue weighted by atomic mass is 16.6. The Labute approximate surface area is 186 Å². The first-order valence-electron chi connectivity index (χ1n) is 10.3. The lowest BCUT2D eigenvalue weighted by atomic mass is 10.0. The quantitative estimate of drug-likeness (QED) is 0.381. The van der Waals surface area contributed by atoms with E-state index in [1.807, 2.05) is 24.3 Å². The Hall–Kier alpha value is -3.50. The molecular formula is C22H27N5O5. The molecule has 2 amide bonds. The lowest BCUT2D eigenvalue weighted by Gasteiger charge is -2.38. The zero-order valence-electron chi connectivity index (χ0n) is 18.1. The molecule has 10 heteroatoms. The molecular weight excluding hydrogens is 414 g/mol. The van der Waals surface area contributed by atoms with Gasteiger partial charge in [0.2, 0.25) is 0 Å². The number of para-hydroxylation sites is 2. The summed E-state index contributed by atoms with van der Waals surface area (Å²) in [6.07, 6.45) is 0. The minimum absolute atomic E-state index is 0.0246. The maximum Gasteiger partial charge on any atom is 0.313 e. The van der Waals surface area contributed by atoms with Gasteiger partial charge in [-0.2, -0.15) is 0 Å². The lowest BCUT2D eigenvalue weighted by molar-refractivity contribution is -0.383.